The Kier molecular flexibility index (Phi) is 12.3. The van der Waals surface area contributed by atoms with Gasteiger partial charge in [0, 0.05) is 123 Å². The van der Waals surface area contributed by atoms with Gasteiger partial charge in [-0.3, -0.25) is 0 Å². The predicted octanol–water partition coefficient (Wildman–Crippen LogP) is 24.5. The monoisotopic (exact) mass is 1340 g/mol. The molecule has 14 aromatic carbocycles. The van der Waals surface area contributed by atoms with Crippen molar-refractivity contribution in [3.8, 4) is 90.8 Å². The molecular formula is C90H50N8O2S2. The van der Waals surface area contributed by atoms with Crippen LogP contribution in [0.1, 0.15) is 0 Å². The van der Waals surface area contributed by atoms with Crippen molar-refractivity contribution < 1.29 is 8.83 Å². The zero-order valence-corrected chi connectivity index (χ0v) is 55.7. The Labute approximate surface area is 588 Å². The van der Waals surface area contributed by atoms with Crippen LogP contribution in [0.15, 0.2) is 312 Å². The minimum atomic E-state index is 0.557. The van der Waals surface area contributed by atoms with Gasteiger partial charge in [0.25, 0.3) is 0 Å². The summed E-state index contributed by atoms with van der Waals surface area (Å²) in [6, 6.07) is 107. The Morgan fingerprint density at radius 1 is 0.235 bits per heavy atom. The molecular weight excluding hydrogens is 1290 g/mol. The van der Waals surface area contributed by atoms with Crippen molar-refractivity contribution >= 4 is 151 Å². The number of benzene rings is 14. The molecule has 0 atom stereocenters. The summed E-state index contributed by atoms with van der Waals surface area (Å²) in [6.45, 7) is 0. The highest BCUT2D eigenvalue weighted by atomic mass is 32.1. The van der Waals surface area contributed by atoms with Crippen LogP contribution in [-0.4, -0.2) is 39.0 Å². The van der Waals surface area contributed by atoms with Gasteiger partial charge in [0.2, 0.25) is 0 Å². The van der Waals surface area contributed by atoms with E-state index in [0.717, 1.165) is 122 Å². The fourth-order valence-electron chi connectivity index (χ4n) is 15.7. The zero-order valence-electron chi connectivity index (χ0n) is 54.1. The van der Waals surface area contributed by atoms with E-state index in [2.05, 4.69) is 221 Å². The van der Waals surface area contributed by atoms with Crippen LogP contribution in [0.3, 0.4) is 0 Å². The predicted molar refractivity (Wildman–Crippen MR) is 420 cm³/mol. The van der Waals surface area contributed by atoms with E-state index in [9.17, 15) is 0 Å². The highest BCUT2D eigenvalue weighted by Crippen LogP contribution is 2.48. The van der Waals surface area contributed by atoms with Gasteiger partial charge in [0.15, 0.2) is 34.9 Å². The summed E-state index contributed by atoms with van der Waals surface area (Å²) in [5, 5.41) is 13.7. The van der Waals surface area contributed by atoms with E-state index in [-0.39, 0.29) is 0 Å². The molecule has 12 heteroatoms. The van der Waals surface area contributed by atoms with E-state index in [4.69, 9.17) is 38.7 Å². The molecule has 22 rings (SSSR count). The summed E-state index contributed by atoms with van der Waals surface area (Å²) in [5.74, 6) is 3.46. The highest BCUT2D eigenvalue weighted by Gasteiger charge is 2.26. The summed E-state index contributed by atoms with van der Waals surface area (Å²) in [5.41, 5.74) is 17.0. The number of nitrogens with zero attached hydrogens (tertiary/aromatic N) is 8. The minimum absolute atomic E-state index is 0.557. The molecule has 0 saturated carbocycles. The summed E-state index contributed by atoms with van der Waals surface area (Å²) in [4.78, 5) is 31.8. The van der Waals surface area contributed by atoms with Crippen LogP contribution in [-0.2, 0) is 0 Å². The molecule has 0 saturated heterocycles. The van der Waals surface area contributed by atoms with Crippen molar-refractivity contribution in [2.45, 2.75) is 0 Å². The van der Waals surface area contributed by atoms with Gasteiger partial charge in [-0.2, -0.15) is 0 Å². The lowest BCUT2D eigenvalue weighted by Crippen LogP contribution is -2.03. The summed E-state index contributed by atoms with van der Waals surface area (Å²) in [7, 11) is 0. The smallest absolute Gasteiger partial charge is 0.166 e. The van der Waals surface area contributed by atoms with Crippen molar-refractivity contribution in [3.63, 3.8) is 0 Å². The molecule has 102 heavy (non-hydrogen) atoms. The normalized spacial score (nSPS) is 12.1. The maximum absolute atomic E-state index is 6.89. The lowest BCUT2D eigenvalue weighted by atomic mass is 9.99. The standard InChI is InChI=1S/C90H50N8O2S2/c1-3-20-51(21-4-1)85-91-87(95-89(93-85)65-31-18-37-74-79(65)63-30-10-15-36-73(63)99-74)55-24-17-25-56(48-55)97-68-33-12-7-27-60(68)81-71(97)45-44-59-67-49-53(41-47-78(67)102-84(59)81)54-40-42-64-76(50-54)100-75-38-19-32-66(80(64)75)90-94-86(52-22-5-2-6-23-52)92-88(96-90)62-29-9-14-35-70(62)98-69-34-13-8-28-61(69)82-72(98)46-43-58-57-26-11-16-39-77(57)101-83(58)82/h1-50H. The first-order chi connectivity index (χ1) is 50.5. The molecule has 0 N–H and O–H groups in total. The Balaban J connectivity index is 0.641. The Hall–Kier alpha value is -13.3. The van der Waals surface area contributed by atoms with Gasteiger partial charge >= 0.3 is 0 Å². The van der Waals surface area contributed by atoms with Crippen molar-refractivity contribution in [3.05, 3.63) is 303 Å². The molecule has 8 aromatic heterocycles. The molecule has 22 aromatic rings. The molecule has 474 valence electrons. The topological polar surface area (TPSA) is 113 Å². The van der Waals surface area contributed by atoms with Gasteiger partial charge in [0.05, 0.1) is 27.8 Å². The minimum Gasteiger partial charge on any atom is -0.456 e. The second-order valence-electron chi connectivity index (χ2n) is 26.0. The average Bonchev–Trinajstić information content (AvgIpc) is 1.57. The SMILES string of the molecule is c1ccc(-c2nc(-c3cccc(-n4c5ccccc5c5c6sc7ccc(-c8ccc9c(c8)oc8cccc(-c%10nc(-c%11ccccc%11)nc(-c%11ccccc%11-n%11c%12ccccc%12c%12c%13sc%14ccccc%14c%13ccc%12%11)n%10)c89)cc7c6ccc54)c3)nc(-c3cccc4oc5ccccc5c34)n2)cc1. The summed E-state index contributed by atoms with van der Waals surface area (Å²) < 4.78 is 23.0. The molecule has 0 amide bonds. The third-order valence-electron chi connectivity index (χ3n) is 20.3. The van der Waals surface area contributed by atoms with Crippen LogP contribution >= 0.6 is 22.7 Å². The number of para-hydroxylation sites is 4. The second kappa shape index (κ2) is 22.1. The van der Waals surface area contributed by atoms with E-state index in [1.165, 1.54) is 61.9 Å². The number of fused-ring (bicyclic) bond motifs is 20. The number of hydrogen-bond donors (Lipinski definition) is 0. The fraction of sp³-hybridized carbons (Fsp3) is 0. The third-order valence-corrected chi connectivity index (χ3v) is 22.7. The zero-order chi connectivity index (χ0) is 66.7. The van der Waals surface area contributed by atoms with E-state index in [0.29, 0.717) is 34.9 Å². The first kappa shape index (κ1) is 56.7. The Morgan fingerprint density at radius 2 is 0.686 bits per heavy atom. The number of rotatable bonds is 9. The van der Waals surface area contributed by atoms with Gasteiger partial charge in [0.1, 0.15) is 22.3 Å². The van der Waals surface area contributed by atoms with Gasteiger partial charge < -0.3 is 18.0 Å². The maximum atomic E-state index is 6.89. The van der Waals surface area contributed by atoms with Gasteiger partial charge in [-0.1, -0.05) is 206 Å². The van der Waals surface area contributed by atoms with E-state index in [1.54, 1.807) is 0 Å². The maximum Gasteiger partial charge on any atom is 0.166 e. The molecule has 10 nitrogen and oxygen atoms in total. The second-order valence-corrected chi connectivity index (χ2v) is 28.1. The highest BCUT2D eigenvalue weighted by molar-refractivity contribution is 7.27. The largest absolute Gasteiger partial charge is 0.456 e. The van der Waals surface area contributed by atoms with Crippen LogP contribution in [0.2, 0.25) is 0 Å². The molecule has 0 spiro atoms. The van der Waals surface area contributed by atoms with Crippen LogP contribution in [0.4, 0.5) is 0 Å². The van der Waals surface area contributed by atoms with E-state index < -0.39 is 0 Å². The van der Waals surface area contributed by atoms with Crippen molar-refractivity contribution in [2.24, 2.45) is 0 Å². The number of aromatic nitrogens is 8. The Morgan fingerprint density at radius 3 is 1.38 bits per heavy atom. The van der Waals surface area contributed by atoms with Crippen molar-refractivity contribution in [1.29, 1.82) is 0 Å². The first-order valence-electron chi connectivity index (χ1n) is 34.0. The lowest BCUT2D eigenvalue weighted by molar-refractivity contribution is 0.668. The van der Waals surface area contributed by atoms with Crippen molar-refractivity contribution in [2.75, 3.05) is 0 Å². The van der Waals surface area contributed by atoms with Crippen LogP contribution in [0.25, 0.3) is 219 Å². The molecule has 0 unspecified atom stereocenters. The number of furan rings is 2. The van der Waals surface area contributed by atoms with Gasteiger partial charge in [-0.15, -0.1) is 22.7 Å². The number of hydrogen-bond acceptors (Lipinski definition) is 10. The van der Waals surface area contributed by atoms with E-state index in [1.807, 2.05) is 114 Å². The summed E-state index contributed by atoms with van der Waals surface area (Å²) in [6.07, 6.45) is 0. The molecule has 0 radical (unpaired) electrons. The van der Waals surface area contributed by atoms with Crippen molar-refractivity contribution in [1.82, 2.24) is 39.0 Å². The number of thiophene rings is 2. The molecule has 0 aliphatic rings. The first-order valence-corrected chi connectivity index (χ1v) is 35.6. The van der Waals surface area contributed by atoms with Crippen LogP contribution in [0.5, 0.6) is 0 Å². The summed E-state index contributed by atoms with van der Waals surface area (Å²) >= 11 is 3.70. The van der Waals surface area contributed by atoms with Crippen LogP contribution in [0, 0.1) is 0 Å². The van der Waals surface area contributed by atoms with Crippen LogP contribution < -0.4 is 0 Å². The fourth-order valence-corrected chi connectivity index (χ4v) is 18.2. The van der Waals surface area contributed by atoms with E-state index >= 15 is 0 Å². The van der Waals surface area contributed by atoms with Gasteiger partial charge in [-0.05, 0) is 108 Å². The van der Waals surface area contributed by atoms with Gasteiger partial charge in [-0.25, -0.2) is 29.9 Å². The third kappa shape index (κ3) is 8.64. The Bertz CT molecular complexity index is 7280. The lowest BCUT2D eigenvalue weighted by Gasteiger charge is -2.14. The molecule has 8 heterocycles. The molecule has 0 fully saturated rings. The average molecular weight is 1340 g/mol. The molecule has 0 bridgehead atoms. The quantitative estimate of drug-likeness (QED) is 0.140. The molecule has 0 aliphatic heterocycles. The molecule has 0 aliphatic carbocycles.